The zero-order valence-corrected chi connectivity index (χ0v) is 10.5. The van der Waals surface area contributed by atoms with Gasteiger partial charge in [0, 0.05) is 7.11 Å². The van der Waals surface area contributed by atoms with Gasteiger partial charge < -0.3 is 9.84 Å². The van der Waals surface area contributed by atoms with Crippen molar-refractivity contribution in [1.29, 1.82) is 0 Å². The van der Waals surface area contributed by atoms with E-state index < -0.39 is 0 Å². The molecule has 0 amide bonds. The molecule has 0 aromatic heterocycles. The summed E-state index contributed by atoms with van der Waals surface area (Å²) in [6, 6.07) is 0. The van der Waals surface area contributed by atoms with Crippen LogP contribution < -0.4 is 0 Å². The van der Waals surface area contributed by atoms with Gasteiger partial charge in [0.2, 0.25) is 0 Å². The van der Waals surface area contributed by atoms with Crippen molar-refractivity contribution in [3.63, 3.8) is 0 Å². The van der Waals surface area contributed by atoms with Crippen LogP contribution >= 0.6 is 0 Å². The number of rotatable bonds is 11. The fraction of sp³-hybridized carbons (Fsp3) is 1.00. The molecule has 2 nitrogen and oxygen atoms in total. The summed E-state index contributed by atoms with van der Waals surface area (Å²) in [6.45, 7) is 2.41. The molecule has 0 aliphatic heterocycles. The Bertz CT molecular complexity index is 111. The van der Waals surface area contributed by atoms with Crippen molar-refractivity contribution in [2.45, 2.75) is 70.8 Å². The number of hydrogen-bond donors (Lipinski definition) is 1. The predicted molar refractivity (Wildman–Crippen MR) is 65.1 cm³/mol. The molecular weight excluding hydrogens is 188 g/mol. The van der Waals surface area contributed by atoms with Gasteiger partial charge in [0.05, 0.1) is 12.7 Å². The average molecular weight is 216 g/mol. The highest BCUT2D eigenvalue weighted by Gasteiger charge is 2.03. The summed E-state index contributed by atoms with van der Waals surface area (Å²) < 4.78 is 5.11. The molecule has 0 saturated carbocycles. The average Bonchev–Trinajstić information content (AvgIpc) is 2.27. The molecule has 0 fully saturated rings. The van der Waals surface area contributed by atoms with E-state index >= 15 is 0 Å². The van der Waals surface area contributed by atoms with E-state index in [0.29, 0.717) is 0 Å². The fourth-order valence-corrected chi connectivity index (χ4v) is 1.79. The molecule has 0 aliphatic rings. The van der Waals surface area contributed by atoms with Crippen molar-refractivity contribution in [3.05, 3.63) is 0 Å². The third-order valence-corrected chi connectivity index (χ3v) is 2.92. The normalized spacial score (nSPS) is 13.0. The Kier molecular flexibility index (Phi) is 11.9. The summed E-state index contributed by atoms with van der Waals surface area (Å²) in [4.78, 5) is 0. The molecule has 2 heteroatoms. The van der Waals surface area contributed by atoms with E-state index in [4.69, 9.17) is 9.84 Å². The van der Waals surface area contributed by atoms with Crippen LogP contribution in [-0.4, -0.2) is 24.9 Å². The minimum Gasteiger partial charge on any atom is -0.394 e. The van der Waals surface area contributed by atoms with Crippen molar-refractivity contribution < 1.29 is 9.84 Å². The molecular formula is C13H28O2. The van der Waals surface area contributed by atoms with Gasteiger partial charge in [-0.1, -0.05) is 58.3 Å². The van der Waals surface area contributed by atoms with Gasteiger partial charge in [-0.2, -0.15) is 0 Å². The standard InChI is InChI=1S/C13H28O2/c1-3-4-5-6-7-8-9-10-11-13(12-14)15-2/h13-14H,3-12H2,1-2H3. The number of hydrogen-bond acceptors (Lipinski definition) is 2. The third-order valence-electron chi connectivity index (χ3n) is 2.92. The number of aliphatic hydroxyl groups is 1. The molecule has 0 bridgehead atoms. The Morgan fingerprint density at radius 2 is 1.47 bits per heavy atom. The van der Waals surface area contributed by atoms with Crippen LogP contribution in [0, 0.1) is 0 Å². The summed E-state index contributed by atoms with van der Waals surface area (Å²) in [5.41, 5.74) is 0. The largest absolute Gasteiger partial charge is 0.394 e. The minimum absolute atomic E-state index is 0.0603. The second kappa shape index (κ2) is 12.0. The lowest BCUT2D eigenvalue weighted by molar-refractivity contribution is 0.0415. The molecule has 0 saturated heterocycles. The third kappa shape index (κ3) is 10.2. The molecule has 92 valence electrons. The van der Waals surface area contributed by atoms with Crippen LogP contribution in [0.1, 0.15) is 64.7 Å². The second-order valence-corrected chi connectivity index (χ2v) is 4.30. The van der Waals surface area contributed by atoms with E-state index in [1.807, 2.05) is 0 Å². The SMILES string of the molecule is CCCCCCCCCCC(CO)OC. The number of unbranched alkanes of at least 4 members (excludes halogenated alkanes) is 7. The van der Waals surface area contributed by atoms with Crippen molar-refractivity contribution >= 4 is 0 Å². The monoisotopic (exact) mass is 216 g/mol. The Labute approximate surface area is 95.0 Å². The quantitative estimate of drug-likeness (QED) is 0.535. The summed E-state index contributed by atoms with van der Waals surface area (Å²) in [5.74, 6) is 0. The molecule has 0 radical (unpaired) electrons. The molecule has 1 unspecified atom stereocenters. The zero-order valence-electron chi connectivity index (χ0n) is 10.5. The van der Waals surface area contributed by atoms with Gasteiger partial charge in [-0.3, -0.25) is 0 Å². The van der Waals surface area contributed by atoms with E-state index in [2.05, 4.69) is 6.92 Å². The molecule has 0 aromatic rings. The molecule has 0 heterocycles. The van der Waals surface area contributed by atoms with Gasteiger partial charge >= 0.3 is 0 Å². The smallest absolute Gasteiger partial charge is 0.0802 e. The van der Waals surface area contributed by atoms with E-state index in [0.717, 1.165) is 6.42 Å². The van der Waals surface area contributed by atoms with Gasteiger partial charge in [-0.05, 0) is 6.42 Å². The van der Waals surface area contributed by atoms with Gasteiger partial charge in [-0.25, -0.2) is 0 Å². The van der Waals surface area contributed by atoms with E-state index in [1.54, 1.807) is 7.11 Å². The highest BCUT2D eigenvalue weighted by atomic mass is 16.5. The maximum absolute atomic E-state index is 8.90. The lowest BCUT2D eigenvalue weighted by Gasteiger charge is -2.11. The molecule has 15 heavy (non-hydrogen) atoms. The predicted octanol–water partition coefficient (Wildman–Crippen LogP) is 3.52. The molecule has 0 spiro atoms. The van der Waals surface area contributed by atoms with Gasteiger partial charge in [0.15, 0.2) is 0 Å². The summed E-state index contributed by atoms with van der Waals surface area (Å²) in [6.07, 6.45) is 11.7. The molecule has 0 aromatic carbocycles. The van der Waals surface area contributed by atoms with E-state index in [9.17, 15) is 0 Å². The van der Waals surface area contributed by atoms with Crippen molar-refractivity contribution in [2.75, 3.05) is 13.7 Å². The Hall–Kier alpha value is -0.0800. The van der Waals surface area contributed by atoms with Gasteiger partial charge in [-0.15, -0.1) is 0 Å². The van der Waals surface area contributed by atoms with Gasteiger partial charge in [0.25, 0.3) is 0 Å². The first-order valence-corrected chi connectivity index (χ1v) is 6.48. The zero-order chi connectivity index (χ0) is 11.4. The molecule has 0 aliphatic carbocycles. The maximum Gasteiger partial charge on any atom is 0.0802 e. The molecule has 1 N–H and O–H groups in total. The van der Waals surface area contributed by atoms with E-state index in [-0.39, 0.29) is 12.7 Å². The van der Waals surface area contributed by atoms with Crippen molar-refractivity contribution in [1.82, 2.24) is 0 Å². The number of methoxy groups -OCH3 is 1. The van der Waals surface area contributed by atoms with Gasteiger partial charge in [0.1, 0.15) is 0 Å². The van der Waals surface area contributed by atoms with E-state index in [1.165, 1.54) is 51.4 Å². The second-order valence-electron chi connectivity index (χ2n) is 4.30. The summed E-state index contributed by atoms with van der Waals surface area (Å²) >= 11 is 0. The first-order valence-electron chi connectivity index (χ1n) is 6.48. The first kappa shape index (κ1) is 14.9. The maximum atomic E-state index is 8.90. The van der Waals surface area contributed by atoms with Crippen LogP contribution in [0.4, 0.5) is 0 Å². The molecule has 0 rings (SSSR count). The van der Waals surface area contributed by atoms with Crippen molar-refractivity contribution in [2.24, 2.45) is 0 Å². The number of ether oxygens (including phenoxy) is 1. The highest BCUT2D eigenvalue weighted by molar-refractivity contribution is 4.55. The van der Waals surface area contributed by atoms with Crippen LogP contribution in [0.5, 0.6) is 0 Å². The first-order chi connectivity index (χ1) is 7.35. The van der Waals surface area contributed by atoms with Crippen LogP contribution in [-0.2, 0) is 4.74 Å². The van der Waals surface area contributed by atoms with Crippen molar-refractivity contribution in [3.8, 4) is 0 Å². The Morgan fingerprint density at radius 1 is 0.933 bits per heavy atom. The van der Waals surface area contributed by atoms with Crippen LogP contribution in [0.2, 0.25) is 0 Å². The summed E-state index contributed by atoms with van der Waals surface area (Å²) in [5, 5.41) is 8.90. The molecule has 1 atom stereocenters. The summed E-state index contributed by atoms with van der Waals surface area (Å²) in [7, 11) is 1.67. The van der Waals surface area contributed by atoms with Crippen LogP contribution in [0.25, 0.3) is 0 Å². The lowest BCUT2D eigenvalue weighted by atomic mass is 10.1. The number of aliphatic hydroxyl groups excluding tert-OH is 1. The van der Waals surface area contributed by atoms with Crippen LogP contribution in [0.3, 0.4) is 0 Å². The fourth-order valence-electron chi connectivity index (χ4n) is 1.79. The highest BCUT2D eigenvalue weighted by Crippen LogP contribution is 2.11. The topological polar surface area (TPSA) is 29.5 Å². The Morgan fingerprint density at radius 3 is 1.93 bits per heavy atom. The van der Waals surface area contributed by atoms with Crippen LogP contribution in [0.15, 0.2) is 0 Å². The lowest BCUT2D eigenvalue weighted by Crippen LogP contribution is -2.14. The minimum atomic E-state index is 0.0603. The Balaban J connectivity index is 3.04.